The molecular formula is C27H24N6S2. The first kappa shape index (κ1) is 21.8. The predicted octanol–water partition coefficient (Wildman–Crippen LogP) is 5.73. The summed E-state index contributed by atoms with van der Waals surface area (Å²) in [5.41, 5.74) is 5.23. The molecular weight excluding hydrogens is 472 g/mol. The number of nitrogens with one attached hydrogen (secondary N) is 1. The van der Waals surface area contributed by atoms with Crippen molar-refractivity contribution in [1.29, 1.82) is 0 Å². The van der Waals surface area contributed by atoms with Gasteiger partial charge in [-0.15, -0.1) is 0 Å². The lowest BCUT2D eigenvalue weighted by atomic mass is 10.0. The summed E-state index contributed by atoms with van der Waals surface area (Å²) in [6.07, 6.45) is 3.91. The van der Waals surface area contributed by atoms with Crippen molar-refractivity contribution >= 4 is 50.3 Å². The first-order chi connectivity index (χ1) is 17.1. The molecule has 2 atom stereocenters. The van der Waals surface area contributed by atoms with Gasteiger partial charge in [0.25, 0.3) is 0 Å². The molecule has 6 nitrogen and oxygen atoms in total. The molecule has 1 fully saturated rings. The summed E-state index contributed by atoms with van der Waals surface area (Å²) in [5.74, 6) is 0. The number of aromatic nitrogens is 3. The summed E-state index contributed by atoms with van der Waals surface area (Å²) in [6, 6.07) is 26.8. The fourth-order valence-electron chi connectivity index (χ4n) is 4.62. The van der Waals surface area contributed by atoms with Gasteiger partial charge in [-0.05, 0) is 72.9 Å². The highest BCUT2D eigenvalue weighted by Crippen LogP contribution is 2.43. The van der Waals surface area contributed by atoms with Crippen LogP contribution >= 0.6 is 23.6 Å². The van der Waals surface area contributed by atoms with Gasteiger partial charge in [-0.3, -0.25) is 9.55 Å². The van der Waals surface area contributed by atoms with Crippen molar-refractivity contribution < 1.29 is 0 Å². The van der Waals surface area contributed by atoms with Gasteiger partial charge in [0, 0.05) is 37.9 Å². The lowest BCUT2D eigenvalue weighted by molar-refractivity contribution is 0.549. The zero-order valence-corrected chi connectivity index (χ0v) is 21.0. The van der Waals surface area contributed by atoms with E-state index < -0.39 is 0 Å². The Bertz CT molecular complexity index is 1460. The van der Waals surface area contributed by atoms with Gasteiger partial charge < -0.3 is 15.1 Å². The highest BCUT2D eigenvalue weighted by Gasteiger charge is 2.42. The van der Waals surface area contributed by atoms with E-state index in [1.165, 1.54) is 4.70 Å². The average Bonchev–Trinajstić information content (AvgIpc) is 3.60. The Hall–Kier alpha value is -3.75. The normalized spacial score (nSPS) is 17.7. The summed E-state index contributed by atoms with van der Waals surface area (Å²) in [5, 5.41) is 5.17. The van der Waals surface area contributed by atoms with Crippen LogP contribution in [0.5, 0.6) is 0 Å². The van der Waals surface area contributed by atoms with Crippen LogP contribution in [0, 0.1) is 0 Å². The van der Waals surface area contributed by atoms with Crippen LogP contribution in [0.1, 0.15) is 23.5 Å². The maximum Gasteiger partial charge on any atom is 0.194 e. The van der Waals surface area contributed by atoms with E-state index >= 15 is 0 Å². The molecule has 8 heteroatoms. The Morgan fingerprint density at radius 2 is 1.74 bits per heavy atom. The molecule has 0 spiro atoms. The molecule has 1 aliphatic rings. The maximum atomic E-state index is 5.90. The van der Waals surface area contributed by atoms with Gasteiger partial charge in [-0.1, -0.05) is 29.5 Å². The van der Waals surface area contributed by atoms with E-state index in [4.69, 9.17) is 17.2 Å². The van der Waals surface area contributed by atoms with Crippen molar-refractivity contribution in [3.63, 3.8) is 0 Å². The van der Waals surface area contributed by atoms with Crippen LogP contribution in [0.4, 0.5) is 11.4 Å². The highest BCUT2D eigenvalue weighted by molar-refractivity contribution is 7.80. The molecule has 6 rings (SSSR count). The first-order valence-electron chi connectivity index (χ1n) is 11.4. The minimum Gasteiger partial charge on any atom is -0.378 e. The number of thiocarbonyl (C=S) groups is 1. The molecule has 0 bridgehead atoms. The number of hydrogen-bond donors (Lipinski definition) is 1. The molecule has 3 aromatic heterocycles. The number of fused-ring (bicyclic) bond motifs is 1. The van der Waals surface area contributed by atoms with E-state index in [0.717, 1.165) is 33.4 Å². The lowest BCUT2D eigenvalue weighted by Crippen LogP contribution is -2.30. The molecule has 1 N–H and O–H groups in total. The second kappa shape index (κ2) is 8.79. The topological polar surface area (TPSA) is 49.2 Å². The van der Waals surface area contributed by atoms with Crippen molar-refractivity contribution in [2.45, 2.75) is 12.1 Å². The van der Waals surface area contributed by atoms with Crippen molar-refractivity contribution in [2.75, 3.05) is 23.9 Å². The summed E-state index contributed by atoms with van der Waals surface area (Å²) >= 11 is 7.59. The summed E-state index contributed by atoms with van der Waals surface area (Å²) < 4.78 is 3.35. The van der Waals surface area contributed by atoms with Gasteiger partial charge in [0.1, 0.15) is 6.04 Å². The number of rotatable bonds is 5. The van der Waals surface area contributed by atoms with Crippen LogP contribution in [-0.4, -0.2) is 33.7 Å². The van der Waals surface area contributed by atoms with E-state index in [0.29, 0.717) is 5.11 Å². The van der Waals surface area contributed by atoms with E-state index in [1.54, 1.807) is 11.3 Å². The predicted molar refractivity (Wildman–Crippen MR) is 148 cm³/mol. The van der Waals surface area contributed by atoms with E-state index in [9.17, 15) is 0 Å². The number of hydrogen-bond acceptors (Lipinski definition) is 5. The van der Waals surface area contributed by atoms with E-state index in [-0.39, 0.29) is 12.1 Å². The fraction of sp³-hybridized carbons (Fsp3) is 0.148. The van der Waals surface area contributed by atoms with Crippen molar-refractivity contribution in [2.24, 2.45) is 0 Å². The largest absolute Gasteiger partial charge is 0.378 e. The Morgan fingerprint density at radius 3 is 2.49 bits per heavy atom. The number of anilines is 2. The van der Waals surface area contributed by atoms with Gasteiger partial charge in [0.05, 0.1) is 27.6 Å². The third-order valence-corrected chi connectivity index (χ3v) is 7.66. The molecule has 0 saturated carbocycles. The van der Waals surface area contributed by atoms with E-state index in [1.807, 2.05) is 38.5 Å². The summed E-state index contributed by atoms with van der Waals surface area (Å²) in [6.45, 7) is 0. The van der Waals surface area contributed by atoms with Gasteiger partial charge in [-0.2, -0.15) is 0 Å². The molecule has 0 radical (unpaired) electrons. The minimum atomic E-state index is -0.111. The molecule has 0 amide bonds. The maximum absolute atomic E-state index is 5.90. The number of benzene rings is 2. The van der Waals surface area contributed by atoms with Gasteiger partial charge in [-0.25, -0.2) is 4.98 Å². The second-order valence-corrected chi connectivity index (χ2v) is 10.1. The highest BCUT2D eigenvalue weighted by atomic mass is 32.1. The van der Waals surface area contributed by atoms with Crippen LogP contribution in [0.15, 0.2) is 91.3 Å². The molecule has 4 heterocycles. The molecule has 1 saturated heterocycles. The molecule has 1 aliphatic heterocycles. The standard InChI is InChI=1S/C27H24N6S2/c1-31(2)18-12-14-19(15-13-18)33-25(24(30-26(33)34)21-9-5-6-16-28-21)22-10-7-17-32(22)27-29-20-8-3-4-11-23(20)35-27/h3-17,24-25H,1-2H3,(H,30,34)/t24-,25+/m1/s1. The quantitative estimate of drug-likeness (QED) is 0.314. The Morgan fingerprint density at radius 1 is 0.943 bits per heavy atom. The van der Waals surface area contributed by atoms with Crippen molar-refractivity contribution in [3.05, 3.63) is 103 Å². The molecule has 2 aromatic carbocycles. The van der Waals surface area contributed by atoms with Gasteiger partial charge in [0.2, 0.25) is 0 Å². The van der Waals surface area contributed by atoms with Gasteiger partial charge in [0.15, 0.2) is 10.2 Å². The van der Waals surface area contributed by atoms with Crippen molar-refractivity contribution in [3.8, 4) is 5.13 Å². The number of pyridine rings is 1. The molecule has 174 valence electrons. The summed E-state index contributed by atoms with van der Waals surface area (Å²) in [7, 11) is 4.09. The monoisotopic (exact) mass is 496 g/mol. The zero-order chi connectivity index (χ0) is 23.9. The van der Waals surface area contributed by atoms with Crippen molar-refractivity contribution in [1.82, 2.24) is 19.9 Å². The van der Waals surface area contributed by atoms with E-state index in [2.05, 4.69) is 91.5 Å². The van der Waals surface area contributed by atoms with Gasteiger partial charge >= 0.3 is 0 Å². The molecule has 0 unspecified atom stereocenters. The smallest absolute Gasteiger partial charge is 0.194 e. The van der Waals surface area contributed by atoms with Crippen LogP contribution in [-0.2, 0) is 0 Å². The van der Waals surface area contributed by atoms with Crippen LogP contribution in [0.25, 0.3) is 15.3 Å². The Labute approximate surface area is 213 Å². The molecule has 35 heavy (non-hydrogen) atoms. The average molecular weight is 497 g/mol. The SMILES string of the molecule is CN(C)c1ccc(N2C(=S)N[C@H](c3ccccn3)[C@@H]2c2cccn2-c2nc3ccccc3s2)cc1. The number of nitrogens with zero attached hydrogens (tertiary/aromatic N) is 5. The lowest BCUT2D eigenvalue weighted by Gasteiger charge is -2.29. The molecule has 0 aliphatic carbocycles. The fourth-order valence-corrected chi connectivity index (χ4v) is 5.93. The summed E-state index contributed by atoms with van der Waals surface area (Å²) in [4.78, 5) is 13.9. The Kier molecular flexibility index (Phi) is 5.47. The van der Waals surface area contributed by atoms with Crippen LogP contribution in [0.2, 0.25) is 0 Å². The minimum absolute atomic E-state index is 0.107. The zero-order valence-electron chi connectivity index (χ0n) is 19.4. The Balaban J connectivity index is 1.49. The van der Waals surface area contributed by atoms with Crippen LogP contribution < -0.4 is 15.1 Å². The number of thiazole rings is 1. The van der Waals surface area contributed by atoms with Crippen LogP contribution in [0.3, 0.4) is 0 Å². The molecule has 5 aromatic rings. The second-order valence-electron chi connectivity index (χ2n) is 8.67. The third kappa shape index (κ3) is 3.84. The third-order valence-electron chi connectivity index (χ3n) is 6.31. The number of para-hydroxylation sites is 1. The first-order valence-corrected chi connectivity index (χ1v) is 12.6.